The van der Waals surface area contributed by atoms with Gasteiger partial charge in [0.25, 0.3) is 0 Å². The largest absolute Gasteiger partial charge is 0.310 e. The molecule has 0 radical (unpaired) electrons. The summed E-state index contributed by atoms with van der Waals surface area (Å²) >= 11 is 9.63. The van der Waals surface area contributed by atoms with Gasteiger partial charge in [-0.25, -0.2) is 0 Å². The molecule has 0 aliphatic carbocycles. The summed E-state index contributed by atoms with van der Waals surface area (Å²) in [6.07, 6.45) is 3.70. The first-order valence-corrected chi connectivity index (χ1v) is 7.89. The molecule has 0 saturated carbocycles. The zero-order chi connectivity index (χ0) is 13.5. The molecule has 18 heavy (non-hydrogen) atoms. The molecule has 0 aromatic heterocycles. The number of nitrogens with one attached hydrogen (secondary N) is 1. The summed E-state index contributed by atoms with van der Waals surface area (Å²) in [5.41, 5.74) is 1.28. The zero-order valence-corrected chi connectivity index (χ0v) is 13.8. The van der Waals surface area contributed by atoms with Gasteiger partial charge in [0.05, 0.1) is 0 Å². The van der Waals surface area contributed by atoms with E-state index in [1.165, 1.54) is 24.8 Å². The van der Waals surface area contributed by atoms with Gasteiger partial charge in [-0.3, -0.25) is 0 Å². The molecule has 0 fully saturated rings. The van der Waals surface area contributed by atoms with E-state index >= 15 is 0 Å². The summed E-state index contributed by atoms with van der Waals surface area (Å²) in [4.78, 5) is 0. The van der Waals surface area contributed by atoms with Gasteiger partial charge < -0.3 is 5.32 Å². The van der Waals surface area contributed by atoms with Crippen LogP contribution in [0.15, 0.2) is 22.7 Å². The number of hydrogen-bond acceptors (Lipinski definition) is 1. The van der Waals surface area contributed by atoms with Crippen molar-refractivity contribution in [2.24, 2.45) is 5.92 Å². The van der Waals surface area contributed by atoms with Crippen LogP contribution in [0, 0.1) is 5.92 Å². The van der Waals surface area contributed by atoms with E-state index in [9.17, 15) is 0 Å². The summed E-state index contributed by atoms with van der Waals surface area (Å²) in [5.74, 6) is 0.776. The molecule has 1 rings (SSSR count). The average molecular weight is 333 g/mol. The van der Waals surface area contributed by atoms with Crippen LogP contribution in [0.25, 0.3) is 0 Å². The number of benzene rings is 1. The minimum atomic E-state index is 0.406. The van der Waals surface area contributed by atoms with E-state index in [1.54, 1.807) is 0 Å². The lowest BCUT2D eigenvalue weighted by Gasteiger charge is -2.19. The lowest BCUT2D eigenvalue weighted by molar-refractivity contribution is 0.455. The van der Waals surface area contributed by atoms with Crippen molar-refractivity contribution in [3.63, 3.8) is 0 Å². The van der Waals surface area contributed by atoms with Crippen molar-refractivity contribution in [1.82, 2.24) is 5.32 Å². The Morgan fingerprint density at radius 3 is 2.50 bits per heavy atom. The molecule has 1 unspecified atom stereocenters. The Bertz CT molecular complexity index is 345. The highest BCUT2D eigenvalue weighted by atomic mass is 79.9. The van der Waals surface area contributed by atoms with E-state index in [0.29, 0.717) is 6.04 Å². The van der Waals surface area contributed by atoms with Crippen molar-refractivity contribution >= 4 is 27.5 Å². The molecular weight excluding hydrogens is 310 g/mol. The van der Waals surface area contributed by atoms with E-state index < -0.39 is 0 Å². The van der Waals surface area contributed by atoms with Gasteiger partial charge in [0.1, 0.15) is 0 Å². The fourth-order valence-electron chi connectivity index (χ4n) is 2.14. The minimum absolute atomic E-state index is 0.406. The normalized spacial score (nSPS) is 13.0. The second-order valence-corrected chi connectivity index (χ2v) is 6.49. The molecule has 0 aliphatic rings. The Kier molecular flexibility index (Phi) is 7.28. The average Bonchev–Trinajstić information content (AvgIpc) is 2.26. The molecule has 0 bridgehead atoms. The predicted octanol–water partition coefficient (Wildman–Crippen LogP) is 5.58. The molecular formula is C15H23BrClN. The molecule has 0 aliphatic heterocycles. The quantitative estimate of drug-likeness (QED) is 0.687. The van der Waals surface area contributed by atoms with Crippen LogP contribution in [0.5, 0.6) is 0 Å². The van der Waals surface area contributed by atoms with Crippen LogP contribution in [-0.2, 0) is 0 Å². The summed E-state index contributed by atoms with van der Waals surface area (Å²) in [6, 6.07) is 6.56. The van der Waals surface area contributed by atoms with Crippen LogP contribution in [0.4, 0.5) is 0 Å². The maximum atomic E-state index is 6.12. The number of hydrogen-bond donors (Lipinski definition) is 1. The Hall–Kier alpha value is -0.0500. The fourth-order valence-corrected chi connectivity index (χ4v) is 3.03. The number of rotatable bonds is 7. The van der Waals surface area contributed by atoms with Gasteiger partial charge in [0.15, 0.2) is 0 Å². The highest BCUT2D eigenvalue weighted by Gasteiger charge is 2.11. The van der Waals surface area contributed by atoms with Crippen LogP contribution in [0.1, 0.15) is 51.6 Å². The molecule has 0 heterocycles. The Labute approximate surface area is 124 Å². The second-order valence-electron chi connectivity index (χ2n) is 5.14. The van der Waals surface area contributed by atoms with Crippen molar-refractivity contribution in [2.45, 2.75) is 46.1 Å². The maximum Gasteiger partial charge on any atom is 0.0420 e. The summed E-state index contributed by atoms with van der Waals surface area (Å²) in [7, 11) is 0. The van der Waals surface area contributed by atoms with Crippen LogP contribution in [-0.4, -0.2) is 6.54 Å². The third kappa shape index (κ3) is 5.73. The zero-order valence-electron chi connectivity index (χ0n) is 11.5. The van der Waals surface area contributed by atoms with E-state index in [2.05, 4.69) is 54.2 Å². The fraction of sp³-hybridized carbons (Fsp3) is 0.600. The third-order valence-electron chi connectivity index (χ3n) is 3.01. The van der Waals surface area contributed by atoms with Crippen molar-refractivity contribution in [1.29, 1.82) is 0 Å². The van der Waals surface area contributed by atoms with Gasteiger partial charge in [-0.2, -0.15) is 0 Å². The first-order chi connectivity index (χ1) is 8.52. The van der Waals surface area contributed by atoms with Gasteiger partial charge in [0, 0.05) is 15.5 Å². The molecule has 1 aromatic rings. The van der Waals surface area contributed by atoms with Crippen molar-refractivity contribution in [2.75, 3.05) is 6.54 Å². The van der Waals surface area contributed by atoms with Gasteiger partial charge in [-0.05, 0) is 42.6 Å². The minimum Gasteiger partial charge on any atom is -0.310 e. The lowest BCUT2D eigenvalue weighted by atomic mass is 9.98. The van der Waals surface area contributed by atoms with E-state index in [-0.39, 0.29) is 0 Å². The van der Waals surface area contributed by atoms with Crippen LogP contribution in [0.3, 0.4) is 0 Å². The highest BCUT2D eigenvalue weighted by Crippen LogP contribution is 2.27. The topological polar surface area (TPSA) is 12.0 Å². The summed E-state index contributed by atoms with van der Waals surface area (Å²) in [5, 5.41) is 4.34. The molecule has 0 spiro atoms. The standard InChI is InChI=1S/C15H23BrClN/c1-4-18-15(7-5-6-11(2)3)12-8-13(16)10-14(17)9-12/h8-11,15,18H,4-7H2,1-3H3. The first kappa shape index (κ1) is 16.0. The molecule has 102 valence electrons. The smallest absolute Gasteiger partial charge is 0.0420 e. The first-order valence-electron chi connectivity index (χ1n) is 6.72. The van der Waals surface area contributed by atoms with Crippen LogP contribution in [0.2, 0.25) is 5.02 Å². The van der Waals surface area contributed by atoms with Crippen LogP contribution < -0.4 is 5.32 Å². The molecule has 1 nitrogen and oxygen atoms in total. The van der Waals surface area contributed by atoms with Crippen LogP contribution >= 0.6 is 27.5 Å². The Balaban J connectivity index is 2.70. The van der Waals surface area contributed by atoms with Gasteiger partial charge in [0.2, 0.25) is 0 Å². The van der Waals surface area contributed by atoms with E-state index in [4.69, 9.17) is 11.6 Å². The molecule has 1 aromatic carbocycles. The van der Waals surface area contributed by atoms with Gasteiger partial charge in [-0.15, -0.1) is 0 Å². The maximum absolute atomic E-state index is 6.12. The molecule has 1 atom stereocenters. The van der Waals surface area contributed by atoms with Crippen molar-refractivity contribution in [3.05, 3.63) is 33.3 Å². The van der Waals surface area contributed by atoms with Gasteiger partial charge >= 0.3 is 0 Å². The molecule has 0 amide bonds. The lowest BCUT2D eigenvalue weighted by Crippen LogP contribution is -2.21. The van der Waals surface area contributed by atoms with Gasteiger partial charge in [-0.1, -0.05) is 61.1 Å². The highest BCUT2D eigenvalue weighted by molar-refractivity contribution is 9.10. The predicted molar refractivity (Wildman–Crippen MR) is 84.3 cm³/mol. The monoisotopic (exact) mass is 331 g/mol. The van der Waals surface area contributed by atoms with Crippen molar-refractivity contribution < 1.29 is 0 Å². The number of halogens is 2. The summed E-state index contributed by atoms with van der Waals surface area (Å²) in [6.45, 7) is 7.68. The van der Waals surface area contributed by atoms with Crippen molar-refractivity contribution in [3.8, 4) is 0 Å². The third-order valence-corrected chi connectivity index (χ3v) is 3.69. The molecule has 3 heteroatoms. The van der Waals surface area contributed by atoms with E-state index in [0.717, 1.165) is 22.0 Å². The second kappa shape index (κ2) is 8.19. The Morgan fingerprint density at radius 2 is 1.94 bits per heavy atom. The Morgan fingerprint density at radius 1 is 1.22 bits per heavy atom. The van der Waals surface area contributed by atoms with E-state index in [1.807, 2.05) is 6.07 Å². The SMILES string of the molecule is CCNC(CCCC(C)C)c1cc(Cl)cc(Br)c1. The molecule has 1 N–H and O–H groups in total. The summed E-state index contributed by atoms with van der Waals surface area (Å²) < 4.78 is 1.05. The molecule has 0 saturated heterocycles.